The molecule has 144 valence electrons. The molecule has 0 radical (unpaired) electrons. The van der Waals surface area contributed by atoms with Crippen molar-refractivity contribution < 1.29 is 13.2 Å². The Morgan fingerprint density at radius 2 is 2.00 bits per heavy atom. The molecule has 1 N–H and O–H groups in total. The Morgan fingerprint density at radius 3 is 2.70 bits per heavy atom. The van der Waals surface area contributed by atoms with Gasteiger partial charge in [-0.3, -0.25) is 9.78 Å². The first-order valence-corrected chi connectivity index (χ1v) is 10.6. The van der Waals surface area contributed by atoms with Gasteiger partial charge in [-0.1, -0.05) is 30.2 Å². The second-order valence-corrected chi connectivity index (χ2v) is 8.81. The molecule has 0 spiro atoms. The molecule has 1 atom stereocenters. The Hall–Kier alpha value is -2.25. The normalized spacial score (nSPS) is 18.2. The molecule has 1 fully saturated rings. The van der Waals surface area contributed by atoms with Crippen molar-refractivity contribution in [1.82, 2.24) is 14.6 Å². The summed E-state index contributed by atoms with van der Waals surface area (Å²) >= 11 is 0. The minimum Gasteiger partial charge on any atom is -0.352 e. The van der Waals surface area contributed by atoms with Crippen LogP contribution in [-0.4, -0.2) is 36.2 Å². The van der Waals surface area contributed by atoms with Crippen LogP contribution in [0.1, 0.15) is 36.8 Å². The lowest BCUT2D eigenvalue weighted by Gasteiger charge is -2.34. The number of nitrogens with zero attached hydrogens (tertiary/aromatic N) is 2. The Labute approximate surface area is 160 Å². The molecule has 0 bridgehead atoms. The highest BCUT2D eigenvalue weighted by Crippen LogP contribution is 2.27. The molecular formula is C20H25N3O3S. The van der Waals surface area contributed by atoms with E-state index in [4.69, 9.17) is 0 Å². The maximum absolute atomic E-state index is 13.1. The second-order valence-electron chi connectivity index (χ2n) is 6.92. The summed E-state index contributed by atoms with van der Waals surface area (Å²) in [5.41, 5.74) is 1.93. The Kier molecular flexibility index (Phi) is 6.23. The third-order valence-corrected chi connectivity index (χ3v) is 6.80. The van der Waals surface area contributed by atoms with E-state index in [-0.39, 0.29) is 23.3 Å². The zero-order valence-corrected chi connectivity index (χ0v) is 16.3. The lowest BCUT2D eigenvalue weighted by Crippen LogP contribution is -2.45. The van der Waals surface area contributed by atoms with E-state index < -0.39 is 10.0 Å². The molecule has 1 aromatic heterocycles. The number of sulfonamides is 1. The predicted molar refractivity (Wildman–Crippen MR) is 103 cm³/mol. The van der Waals surface area contributed by atoms with Gasteiger partial charge in [0.25, 0.3) is 0 Å². The summed E-state index contributed by atoms with van der Waals surface area (Å²) in [6.45, 7) is 2.77. The average Bonchev–Trinajstić information content (AvgIpc) is 2.68. The van der Waals surface area contributed by atoms with Crippen LogP contribution in [0.5, 0.6) is 0 Å². The monoisotopic (exact) mass is 387 g/mol. The van der Waals surface area contributed by atoms with Crippen LogP contribution in [0.25, 0.3) is 0 Å². The number of piperidine rings is 1. The summed E-state index contributed by atoms with van der Waals surface area (Å²) in [7, 11) is -3.60. The highest BCUT2D eigenvalue weighted by Gasteiger charge is 2.34. The van der Waals surface area contributed by atoms with E-state index >= 15 is 0 Å². The van der Waals surface area contributed by atoms with E-state index in [0.717, 1.165) is 24.0 Å². The summed E-state index contributed by atoms with van der Waals surface area (Å²) in [6, 6.07) is 10.3. The van der Waals surface area contributed by atoms with Crippen molar-refractivity contribution in [1.29, 1.82) is 0 Å². The third kappa shape index (κ3) is 4.93. The van der Waals surface area contributed by atoms with E-state index in [9.17, 15) is 13.2 Å². The van der Waals surface area contributed by atoms with Crippen molar-refractivity contribution in [2.24, 2.45) is 0 Å². The standard InChI is InChI=1S/C20H25N3O3S/c1-16-7-9-19(10-8-16)27(25,26)23-12-3-2-6-18(23)13-20(24)22-15-17-5-4-11-21-14-17/h4-5,7-11,14,18H,2-3,6,12-13,15H2,1H3,(H,22,24). The largest absolute Gasteiger partial charge is 0.352 e. The fourth-order valence-electron chi connectivity index (χ4n) is 3.33. The van der Waals surface area contributed by atoms with Crippen LogP contribution >= 0.6 is 0 Å². The van der Waals surface area contributed by atoms with Crippen molar-refractivity contribution in [3.8, 4) is 0 Å². The highest BCUT2D eigenvalue weighted by atomic mass is 32.2. The Morgan fingerprint density at radius 1 is 1.22 bits per heavy atom. The fraction of sp³-hybridized carbons (Fsp3) is 0.400. The summed E-state index contributed by atoms with van der Waals surface area (Å²) in [5.74, 6) is -0.144. The van der Waals surface area contributed by atoms with Gasteiger partial charge in [0.05, 0.1) is 4.90 Å². The third-order valence-electron chi connectivity index (χ3n) is 4.83. The van der Waals surface area contributed by atoms with Crippen LogP contribution in [0.3, 0.4) is 0 Å². The molecule has 0 aliphatic carbocycles. The minimum atomic E-state index is -3.60. The number of rotatable bonds is 6. The topological polar surface area (TPSA) is 79.4 Å². The molecule has 2 aromatic rings. The van der Waals surface area contributed by atoms with E-state index in [0.29, 0.717) is 19.5 Å². The van der Waals surface area contributed by atoms with Crippen molar-refractivity contribution in [3.63, 3.8) is 0 Å². The molecule has 6 nitrogen and oxygen atoms in total. The molecule has 1 unspecified atom stereocenters. The van der Waals surface area contributed by atoms with E-state index in [1.165, 1.54) is 4.31 Å². The molecule has 1 aliphatic rings. The molecule has 1 aromatic carbocycles. The van der Waals surface area contributed by atoms with E-state index in [2.05, 4.69) is 10.3 Å². The molecule has 1 amide bonds. The first kappa shape index (κ1) is 19.5. The van der Waals surface area contributed by atoms with Gasteiger partial charge < -0.3 is 5.32 Å². The number of nitrogens with one attached hydrogen (secondary N) is 1. The second kappa shape index (κ2) is 8.63. The van der Waals surface area contributed by atoms with Gasteiger partial charge in [0.2, 0.25) is 15.9 Å². The van der Waals surface area contributed by atoms with Crippen molar-refractivity contribution in [2.75, 3.05) is 6.54 Å². The van der Waals surface area contributed by atoms with Gasteiger partial charge in [0.1, 0.15) is 0 Å². The van der Waals surface area contributed by atoms with Gasteiger partial charge in [-0.15, -0.1) is 0 Å². The lowest BCUT2D eigenvalue weighted by atomic mass is 10.0. The molecule has 3 rings (SSSR count). The van der Waals surface area contributed by atoms with Crippen LogP contribution in [0, 0.1) is 6.92 Å². The smallest absolute Gasteiger partial charge is 0.243 e. The van der Waals surface area contributed by atoms with E-state index in [1.54, 1.807) is 36.7 Å². The molecular weight excluding hydrogens is 362 g/mol. The summed E-state index contributed by atoms with van der Waals surface area (Å²) in [5, 5.41) is 2.87. The van der Waals surface area contributed by atoms with Gasteiger partial charge in [-0.05, 0) is 43.5 Å². The van der Waals surface area contributed by atoms with Crippen LogP contribution in [0.4, 0.5) is 0 Å². The summed E-state index contributed by atoms with van der Waals surface area (Å²) < 4.78 is 27.6. The molecule has 1 saturated heterocycles. The molecule has 7 heteroatoms. The minimum absolute atomic E-state index is 0.144. The zero-order valence-electron chi connectivity index (χ0n) is 15.5. The fourth-order valence-corrected chi connectivity index (χ4v) is 5.02. The molecule has 1 aliphatic heterocycles. The number of pyridine rings is 1. The molecule has 2 heterocycles. The number of hydrogen-bond acceptors (Lipinski definition) is 4. The average molecular weight is 388 g/mol. The number of aryl methyl sites for hydroxylation is 1. The maximum atomic E-state index is 13.1. The van der Waals surface area contributed by atoms with E-state index in [1.807, 2.05) is 19.1 Å². The van der Waals surface area contributed by atoms with Gasteiger partial charge >= 0.3 is 0 Å². The van der Waals surface area contributed by atoms with Crippen LogP contribution < -0.4 is 5.32 Å². The van der Waals surface area contributed by atoms with Crippen molar-refractivity contribution >= 4 is 15.9 Å². The highest BCUT2D eigenvalue weighted by molar-refractivity contribution is 7.89. The Bertz CT molecular complexity index is 867. The maximum Gasteiger partial charge on any atom is 0.243 e. The first-order valence-electron chi connectivity index (χ1n) is 9.21. The number of hydrogen-bond donors (Lipinski definition) is 1. The van der Waals surface area contributed by atoms with Crippen LogP contribution in [0.15, 0.2) is 53.7 Å². The summed E-state index contributed by atoms with van der Waals surface area (Å²) in [6.07, 6.45) is 6.01. The van der Waals surface area contributed by atoms with Crippen LogP contribution in [-0.2, 0) is 21.4 Å². The lowest BCUT2D eigenvalue weighted by molar-refractivity contribution is -0.122. The quantitative estimate of drug-likeness (QED) is 0.826. The number of aromatic nitrogens is 1. The van der Waals surface area contributed by atoms with Gasteiger partial charge in [0.15, 0.2) is 0 Å². The number of benzene rings is 1. The van der Waals surface area contributed by atoms with Crippen molar-refractivity contribution in [2.45, 2.75) is 50.1 Å². The predicted octanol–water partition coefficient (Wildman–Crippen LogP) is 2.64. The van der Waals surface area contributed by atoms with Gasteiger partial charge in [-0.2, -0.15) is 4.31 Å². The zero-order chi connectivity index (χ0) is 19.3. The summed E-state index contributed by atoms with van der Waals surface area (Å²) in [4.78, 5) is 16.7. The van der Waals surface area contributed by atoms with Gasteiger partial charge in [-0.25, -0.2) is 8.42 Å². The molecule has 0 saturated carbocycles. The Balaban J connectivity index is 1.67. The molecule has 27 heavy (non-hydrogen) atoms. The SMILES string of the molecule is Cc1ccc(S(=O)(=O)N2CCCCC2CC(=O)NCc2cccnc2)cc1. The number of carbonyl (C=O) groups is 1. The van der Waals surface area contributed by atoms with Crippen LogP contribution in [0.2, 0.25) is 0 Å². The number of carbonyl (C=O) groups excluding carboxylic acids is 1. The van der Waals surface area contributed by atoms with Gasteiger partial charge in [0, 0.05) is 37.9 Å². The van der Waals surface area contributed by atoms with Crippen molar-refractivity contribution in [3.05, 3.63) is 59.9 Å². The number of amides is 1. The first-order chi connectivity index (χ1) is 13.0.